The summed E-state index contributed by atoms with van der Waals surface area (Å²) in [5.74, 6) is -0.194. The van der Waals surface area contributed by atoms with Crippen LogP contribution in [0.1, 0.15) is 46.8 Å². The van der Waals surface area contributed by atoms with E-state index in [-0.39, 0.29) is 11.9 Å². The maximum atomic E-state index is 12.5. The molecule has 0 saturated heterocycles. The summed E-state index contributed by atoms with van der Waals surface area (Å²) in [4.78, 5) is 26.7. The van der Waals surface area contributed by atoms with Crippen LogP contribution in [0.4, 0.5) is 0 Å². The van der Waals surface area contributed by atoms with Gasteiger partial charge in [0.1, 0.15) is 0 Å². The number of hydrogen-bond donors (Lipinski definition) is 1. The van der Waals surface area contributed by atoms with Crippen LogP contribution in [0.2, 0.25) is 0 Å². The van der Waals surface area contributed by atoms with Gasteiger partial charge < -0.3 is 10.1 Å². The van der Waals surface area contributed by atoms with Gasteiger partial charge in [0.05, 0.1) is 13.0 Å². The van der Waals surface area contributed by atoms with Crippen LogP contribution in [-0.2, 0) is 28.9 Å². The molecule has 1 heterocycles. The van der Waals surface area contributed by atoms with Gasteiger partial charge in [0.15, 0.2) is 0 Å². The van der Waals surface area contributed by atoms with Crippen molar-refractivity contribution >= 4 is 11.9 Å². The van der Waals surface area contributed by atoms with Gasteiger partial charge >= 0.3 is 5.97 Å². The zero-order chi connectivity index (χ0) is 24.5. The van der Waals surface area contributed by atoms with Crippen LogP contribution in [0.3, 0.4) is 0 Å². The van der Waals surface area contributed by atoms with Crippen LogP contribution in [-0.4, -0.2) is 43.0 Å². The van der Waals surface area contributed by atoms with Crippen molar-refractivity contribution in [2.75, 3.05) is 26.2 Å². The van der Waals surface area contributed by atoms with Crippen molar-refractivity contribution in [3.63, 3.8) is 0 Å². The van der Waals surface area contributed by atoms with Gasteiger partial charge in [0, 0.05) is 25.2 Å². The minimum atomic E-state index is -0.172. The van der Waals surface area contributed by atoms with E-state index in [1.807, 2.05) is 55.5 Å². The Labute approximate surface area is 208 Å². The number of esters is 1. The summed E-state index contributed by atoms with van der Waals surface area (Å²) in [7, 11) is 0. The zero-order valence-electron chi connectivity index (χ0n) is 20.5. The van der Waals surface area contributed by atoms with E-state index in [1.54, 1.807) is 0 Å². The van der Waals surface area contributed by atoms with E-state index in [0.29, 0.717) is 25.1 Å². The van der Waals surface area contributed by atoms with Crippen LogP contribution in [0.5, 0.6) is 0 Å². The lowest BCUT2D eigenvalue weighted by atomic mass is 9.96. The lowest BCUT2D eigenvalue weighted by Gasteiger charge is -2.29. The Morgan fingerprint density at radius 3 is 2.46 bits per heavy atom. The Balaban J connectivity index is 1.18. The van der Waals surface area contributed by atoms with Gasteiger partial charge in [-0.15, -0.1) is 0 Å². The molecule has 4 rings (SSSR count). The van der Waals surface area contributed by atoms with E-state index >= 15 is 0 Å². The SMILES string of the molecule is CCOC(=O)Cc1ccc2c(c1)CN(CCCCNC(=O)c1ccc(-c3ccccc3)cc1)CC2. The van der Waals surface area contributed by atoms with E-state index in [9.17, 15) is 9.59 Å². The lowest BCUT2D eigenvalue weighted by Crippen LogP contribution is -2.32. The molecule has 0 radical (unpaired) electrons. The van der Waals surface area contributed by atoms with Gasteiger partial charge in [-0.05, 0) is 72.7 Å². The van der Waals surface area contributed by atoms with E-state index < -0.39 is 0 Å². The number of nitrogens with zero attached hydrogens (tertiary/aromatic N) is 1. The molecule has 3 aromatic rings. The minimum absolute atomic E-state index is 0.0226. The number of carbonyl (C=O) groups is 2. The molecule has 0 aromatic heterocycles. The predicted octanol–water partition coefficient (Wildman–Crippen LogP) is 5.03. The number of nitrogens with one attached hydrogen (secondary N) is 1. The quantitative estimate of drug-likeness (QED) is 0.334. The number of ether oxygens (including phenoxy) is 1. The third-order valence-corrected chi connectivity index (χ3v) is 6.46. The summed E-state index contributed by atoms with van der Waals surface area (Å²) in [5.41, 5.74) is 6.65. The maximum absolute atomic E-state index is 12.5. The molecule has 1 aliphatic rings. The first-order valence-corrected chi connectivity index (χ1v) is 12.5. The van der Waals surface area contributed by atoms with Crippen molar-refractivity contribution in [1.29, 1.82) is 0 Å². The molecule has 1 amide bonds. The summed E-state index contributed by atoms with van der Waals surface area (Å²) in [6, 6.07) is 24.3. The Bertz CT molecular complexity index is 1130. The first-order chi connectivity index (χ1) is 17.1. The van der Waals surface area contributed by atoms with E-state index in [1.165, 1.54) is 11.1 Å². The van der Waals surface area contributed by atoms with Gasteiger partial charge in [-0.25, -0.2) is 0 Å². The standard InChI is InChI=1S/C30H34N2O3/c1-2-35-29(33)21-23-10-11-26-16-19-32(22-28(26)20-23)18-7-6-17-31-30(34)27-14-12-25(13-15-27)24-8-4-3-5-9-24/h3-5,8-15,20H,2,6-7,16-19,21-22H2,1H3,(H,31,34). The lowest BCUT2D eigenvalue weighted by molar-refractivity contribution is -0.142. The summed E-state index contributed by atoms with van der Waals surface area (Å²) in [5, 5.41) is 3.05. The van der Waals surface area contributed by atoms with Crippen molar-refractivity contribution in [3.05, 3.63) is 95.1 Å². The van der Waals surface area contributed by atoms with Crippen LogP contribution < -0.4 is 5.32 Å². The van der Waals surface area contributed by atoms with Crippen molar-refractivity contribution < 1.29 is 14.3 Å². The highest BCUT2D eigenvalue weighted by atomic mass is 16.5. The Hall–Kier alpha value is -3.44. The second-order valence-electron chi connectivity index (χ2n) is 9.02. The van der Waals surface area contributed by atoms with Crippen LogP contribution in [0.25, 0.3) is 11.1 Å². The molecule has 182 valence electrons. The molecule has 0 spiro atoms. The van der Waals surface area contributed by atoms with Gasteiger partial charge in [0.25, 0.3) is 5.91 Å². The van der Waals surface area contributed by atoms with Crippen LogP contribution in [0, 0.1) is 0 Å². The van der Waals surface area contributed by atoms with Gasteiger partial charge in [-0.2, -0.15) is 0 Å². The highest BCUT2D eigenvalue weighted by molar-refractivity contribution is 5.94. The second-order valence-corrected chi connectivity index (χ2v) is 9.02. The number of hydrogen-bond acceptors (Lipinski definition) is 4. The molecule has 3 aromatic carbocycles. The summed E-state index contributed by atoms with van der Waals surface area (Å²) < 4.78 is 5.08. The smallest absolute Gasteiger partial charge is 0.310 e. The van der Waals surface area contributed by atoms with Crippen LogP contribution >= 0.6 is 0 Å². The highest BCUT2D eigenvalue weighted by Crippen LogP contribution is 2.22. The van der Waals surface area contributed by atoms with Gasteiger partial charge in [-0.3, -0.25) is 14.5 Å². The molecule has 0 saturated carbocycles. The number of rotatable bonds is 10. The minimum Gasteiger partial charge on any atom is -0.466 e. The van der Waals surface area contributed by atoms with Crippen molar-refractivity contribution in [2.24, 2.45) is 0 Å². The summed E-state index contributed by atoms with van der Waals surface area (Å²) in [6.07, 6.45) is 3.34. The third kappa shape index (κ3) is 7.03. The third-order valence-electron chi connectivity index (χ3n) is 6.46. The molecule has 1 N–H and O–H groups in total. The molecule has 5 nitrogen and oxygen atoms in total. The average Bonchev–Trinajstić information content (AvgIpc) is 2.89. The number of amides is 1. The maximum Gasteiger partial charge on any atom is 0.310 e. The number of fused-ring (bicyclic) bond motifs is 1. The second kappa shape index (κ2) is 12.3. The normalized spacial score (nSPS) is 13.2. The first-order valence-electron chi connectivity index (χ1n) is 12.5. The predicted molar refractivity (Wildman–Crippen MR) is 139 cm³/mol. The first kappa shape index (κ1) is 24.7. The van der Waals surface area contributed by atoms with E-state index in [4.69, 9.17) is 4.74 Å². The Morgan fingerprint density at radius 2 is 1.69 bits per heavy atom. The molecule has 35 heavy (non-hydrogen) atoms. The fraction of sp³-hybridized carbons (Fsp3) is 0.333. The molecule has 0 aliphatic carbocycles. The number of unbranched alkanes of at least 4 members (excludes halogenated alkanes) is 1. The van der Waals surface area contributed by atoms with Gasteiger partial charge in [-0.1, -0.05) is 60.7 Å². The molecule has 0 fully saturated rings. The van der Waals surface area contributed by atoms with E-state index in [0.717, 1.165) is 55.6 Å². The highest BCUT2D eigenvalue weighted by Gasteiger charge is 2.17. The van der Waals surface area contributed by atoms with Crippen molar-refractivity contribution in [3.8, 4) is 11.1 Å². The zero-order valence-corrected chi connectivity index (χ0v) is 20.5. The van der Waals surface area contributed by atoms with Crippen molar-refractivity contribution in [2.45, 2.75) is 39.2 Å². The molecule has 1 aliphatic heterocycles. The molecule has 0 bridgehead atoms. The molecule has 5 heteroatoms. The summed E-state index contributed by atoms with van der Waals surface area (Å²) in [6.45, 7) is 5.88. The Morgan fingerprint density at radius 1 is 0.914 bits per heavy atom. The fourth-order valence-corrected chi connectivity index (χ4v) is 4.56. The number of benzene rings is 3. The Kier molecular flexibility index (Phi) is 8.68. The number of carbonyl (C=O) groups excluding carboxylic acids is 2. The van der Waals surface area contributed by atoms with Crippen molar-refractivity contribution in [1.82, 2.24) is 10.2 Å². The molecule has 0 unspecified atom stereocenters. The molecular formula is C30H34N2O3. The van der Waals surface area contributed by atoms with Gasteiger partial charge in [0.2, 0.25) is 0 Å². The van der Waals surface area contributed by atoms with Crippen LogP contribution in [0.15, 0.2) is 72.8 Å². The molecular weight excluding hydrogens is 436 g/mol. The van der Waals surface area contributed by atoms with E-state index in [2.05, 4.69) is 34.5 Å². The fourth-order valence-electron chi connectivity index (χ4n) is 4.56. The largest absolute Gasteiger partial charge is 0.466 e. The topological polar surface area (TPSA) is 58.6 Å². The average molecular weight is 471 g/mol. The molecule has 0 atom stereocenters. The monoisotopic (exact) mass is 470 g/mol. The summed E-state index contributed by atoms with van der Waals surface area (Å²) >= 11 is 0.